The standard InChI is InChI=1S/C10H17N5O/c1-3-8-12-9(14-13-8)10(16)15-5-4-11-7(2)6-15/h7,11H,3-6H2,1-2H3,(H,12,13,14)/t7-/m0/s1. The third-order valence-corrected chi connectivity index (χ3v) is 2.71. The van der Waals surface area contributed by atoms with Gasteiger partial charge >= 0.3 is 0 Å². The molecule has 16 heavy (non-hydrogen) atoms. The molecular formula is C10H17N5O. The number of carbonyl (C=O) groups is 1. The van der Waals surface area contributed by atoms with Crippen molar-refractivity contribution in [2.45, 2.75) is 26.3 Å². The number of hydrogen-bond acceptors (Lipinski definition) is 4. The zero-order valence-electron chi connectivity index (χ0n) is 9.66. The van der Waals surface area contributed by atoms with Gasteiger partial charge in [-0.2, -0.15) is 0 Å². The van der Waals surface area contributed by atoms with Crippen LogP contribution in [0, 0.1) is 0 Å². The van der Waals surface area contributed by atoms with Crippen molar-refractivity contribution in [3.05, 3.63) is 11.6 Å². The number of hydrogen-bond donors (Lipinski definition) is 2. The first-order chi connectivity index (χ1) is 7.70. The van der Waals surface area contributed by atoms with Crippen molar-refractivity contribution in [3.63, 3.8) is 0 Å². The van der Waals surface area contributed by atoms with Gasteiger partial charge in [0.25, 0.3) is 5.91 Å². The molecule has 6 heteroatoms. The third kappa shape index (κ3) is 2.21. The van der Waals surface area contributed by atoms with Crippen LogP contribution in [0.4, 0.5) is 0 Å². The minimum atomic E-state index is -0.0794. The van der Waals surface area contributed by atoms with Gasteiger partial charge in [-0.05, 0) is 6.92 Å². The van der Waals surface area contributed by atoms with E-state index in [0.29, 0.717) is 6.04 Å². The number of rotatable bonds is 2. The van der Waals surface area contributed by atoms with E-state index in [4.69, 9.17) is 0 Å². The fourth-order valence-electron chi connectivity index (χ4n) is 1.81. The Kier molecular flexibility index (Phi) is 3.19. The van der Waals surface area contributed by atoms with Crippen molar-refractivity contribution < 1.29 is 4.79 Å². The number of amides is 1. The van der Waals surface area contributed by atoms with E-state index in [2.05, 4.69) is 27.4 Å². The lowest BCUT2D eigenvalue weighted by atomic mass is 10.2. The molecule has 2 heterocycles. The van der Waals surface area contributed by atoms with Crippen LogP contribution in [0.3, 0.4) is 0 Å². The molecule has 6 nitrogen and oxygen atoms in total. The van der Waals surface area contributed by atoms with Crippen molar-refractivity contribution >= 4 is 5.91 Å². The molecule has 0 spiro atoms. The Morgan fingerprint density at radius 2 is 2.44 bits per heavy atom. The first-order valence-electron chi connectivity index (χ1n) is 5.64. The summed E-state index contributed by atoms with van der Waals surface area (Å²) < 4.78 is 0. The second-order valence-corrected chi connectivity index (χ2v) is 4.07. The van der Waals surface area contributed by atoms with Crippen molar-refractivity contribution in [2.24, 2.45) is 0 Å². The molecule has 1 aliphatic heterocycles. The molecule has 0 unspecified atom stereocenters. The van der Waals surface area contributed by atoms with Crippen LogP contribution >= 0.6 is 0 Å². The Morgan fingerprint density at radius 3 is 3.06 bits per heavy atom. The van der Waals surface area contributed by atoms with Crippen LogP contribution in [0.1, 0.15) is 30.3 Å². The van der Waals surface area contributed by atoms with Crippen LogP contribution in [0.15, 0.2) is 0 Å². The van der Waals surface area contributed by atoms with E-state index in [0.717, 1.165) is 31.9 Å². The predicted octanol–water partition coefficient (Wildman–Crippen LogP) is -0.199. The quantitative estimate of drug-likeness (QED) is 0.728. The highest BCUT2D eigenvalue weighted by atomic mass is 16.2. The molecule has 2 rings (SSSR count). The number of aromatic amines is 1. The number of nitrogens with zero attached hydrogens (tertiary/aromatic N) is 3. The van der Waals surface area contributed by atoms with Crippen molar-refractivity contribution in [1.82, 2.24) is 25.4 Å². The minimum absolute atomic E-state index is 0.0794. The van der Waals surface area contributed by atoms with Gasteiger partial charge in [-0.3, -0.25) is 9.89 Å². The van der Waals surface area contributed by atoms with Crippen LogP contribution in [0.5, 0.6) is 0 Å². The van der Waals surface area contributed by atoms with Gasteiger partial charge < -0.3 is 10.2 Å². The van der Waals surface area contributed by atoms with Crippen molar-refractivity contribution in [1.29, 1.82) is 0 Å². The molecular weight excluding hydrogens is 206 g/mol. The lowest BCUT2D eigenvalue weighted by Crippen LogP contribution is -2.51. The van der Waals surface area contributed by atoms with Crippen LogP contribution in [0.25, 0.3) is 0 Å². The molecule has 1 aromatic rings. The largest absolute Gasteiger partial charge is 0.333 e. The highest BCUT2D eigenvalue weighted by Crippen LogP contribution is 2.04. The first kappa shape index (κ1) is 11.1. The fraction of sp³-hybridized carbons (Fsp3) is 0.700. The Bertz CT molecular complexity index is 375. The van der Waals surface area contributed by atoms with E-state index >= 15 is 0 Å². The van der Waals surface area contributed by atoms with E-state index in [-0.39, 0.29) is 11.7 Å². The smallest absolute Gasteiger partial charge is 0.293 e. The summed E-state index contributed by atoms with van der Waals surface area (Å²) in [6.07, 6.45) is 0.762. The summed E-state index contributed by atoms with van der Waals surface area (Å²) in [5.41, 5.74) is 0. The molecule has 0 saturated carbocycles. The molecule has 1 amide bonds. The van der Waals surface area contributed by atoms with Gasteiger partial charge in [0.1, 0.15) is 5.82 Å². The summed E-state index contributed by atoms with van der Waals surface area (Å²) in [5, 5.41) is 9.99. The number of H-pyrrole nitrogens is 1. The summed E-state index contributed by atoms with van der Waals surface area (Å²) >= 11 is 0. The maximum atomic E-state index is 12.0. The van der Waals surface area contributed by atoms with Crippen molar-refractivity contribution in [2.75, 3.05) is 19.6 Å². The van der Waals surface area contributed by atoms with Crippen molar-refractivity contribution in [3.8, 4) is 0 Å². The molecule has 1 aliphatic rings. The molecule has 0 aromatic carbocycles. The van der Waals surface area contributed by atoms with Crippen LogP contribution < -0.4 is 5.32 Å². The maximum absolute atomic E-state index is 12.0. The second kappa shape index (κ2) is 4.61. The Labute approximate surface area is 94.4 Å². The van der Waals surface area contributed by atoms with Gasteiger partial charge in [-0.25, -0.2) is 4.98 Å². The number of piperazine rings is 1. The van der Waals surface area contributed by atoms with E-state index in [1.54, 1.807) is 4.90 Å². The van der Waals surface area contributed by atoms with Crippen LogP contribution in [0.2, 0.25) is 0 Å². The summed E-state index contributed by atoms with van der Waals surface area (Å²) in [5.74, 6) is 0.960. The van der Waals surface area contributed by atoms with Gasteiger partial charge in [-0.1, -0.05) is 6.92 Å². The SMILES string of the molecule is CCc1nc(C(=O)N2CCN[C@@H](C)C2)n[nH]1. The maximum Gasteiger partial charge on any atom is 0.293 e. The summed E-state index contributed by atoms with van der Waals surface area (Å²) in [6.45, 7) is 6.31. The molecule has 88 valence electrons. The molecule has 1 atom stereocenters. The predicted molar refractivity (Wildman–Crippen MR) is 59.1 cm³/mol. The van der Waals surface area contributed by atoms with Gasteiger partial charge in [0.05, 0.1) is 0 Å². The van der Waals surface area contributed by atoms with E-state index in [1.165, 1.54) is 0 Å². The first-order valence-corrected chi connectivity index (χ1v) is 5.64. The van der Waals surface area contributed by atoms with Crippen LogP contribution in [-0.4, -0.2) is 51.7 Å². The molecule has 0 aliphatic carbocycles. The topological polar surface area (TPSA) is 73.9 Å². The zero-order valence-corrected chi connectivity index (χ0v) is 9.66. The molecule has 1 aromatic heterocycles. The summed E-state index contributed by atoms with van der Waals surface area (Å²) in [6, 6.07) is 0.335. The van der Waals surface area contributed by atoms with Gasteiger partial charge in [0, 0.05) is 32.1 Å². The number of nitrogens with one attached hydrogen (secondary N) is 2. The second-order valence-electron chi connectivity index (χ2n) is 4.07. The van der Waals surface area contributed by atoms with Gasteiger partial charge in [0.2, 0.25) is 5.82 Å². The lowest BCUT2D eigenvalue weighted by Gasteiger charge is -2.30. The van der Waals surface area contributed by atoms with E-state index in [1.807, 2.05) is 6.92 Å². The molecule has 1 fully saturated rings. The van der Waals surface area contributed by atoms with Gasteiger partial charge in [0.15, 0.2) is 0 Å². The summed E-state index contributed by atoms with van der Waals surface area (Å²) in [7, 11) is 0. The minimum Gasteiger partial charge on any atom is -0.333 e. The Morgan fingerprint density at radius 1 is 1.62 bits per heavy atom. The number of aryl methyl sites for hydroxylation is 1. The van der Waals surface area contributed by atoms with E-state index in [9.17, 15) is 4.79 Å². The highest BCUT2D eigenvalue weighted by molar-refractivity contribution is 5.90. The normalized spacial score (nSPS) is 21.1. The van der Waals surface area contributed by atoms with Gasteiger partial charge in [-0.15, -0.1) is 5.10 Å². The third-order valence-electron chi connectivity index (χ3n) is 2.71. The fourth-order valence-corrected chi connectivity index (χ4v) is 1.81. The highest BCUT2D eigenvalue weighted by Gasteiger charge is 2.24. The lowest BCUT2D eigenvalue weighted by molar-refractivity contribution is 0.0697. The number of carbonyl (C=O) groups excluding carboxylic acids is 1. The monoisotopic (exact) mass is 223 g/mol. The van der Waals surface area contributed by atoms with E-state index < -0.39 is 0 Å². The van der Waals surface area contributed by atoms with Crippen LogP contribution in [-0.2, 0) is 6.42 Å². The Balaban J connectivity index is 2.06. The molecule has 0 bridgehead atoms. The molecule has 2 N–H and O–H groups in total. The number of aromatic nitrogens is 3. The zero-order chi connectivity index (χ0) is 11.5. The average Bonchev–Trinajstić information content (AvgIpc) is 2.76. The molecule has 1 saturated heterocycles. The summed E-state index contributed by atoms with van der Waals surface area (Å²) in [4.78, 5) is 18.0. The average molecular weight is 223 g/mol. The molecule has 0 radical (unpaired) electrons. The Hall–Kier alpha value is -1.43.